The molecule has 9 heteroatoms. The molecule has 0 bridgehead atoms. The Kier molecular flexibility index (Phi) is 7.27. The Morgan fingerprint density at radius 1 is 1.06 bits per heavy atom. The standard InChI is InChI=1S/C24H29ClN4O4/c1-16(26-22(30)17-5-7-18(8-6-17)24(2,3)4)23(31)28-13-11-27(12-14-28)20-10-9-19(25)15-21(20)29(32)33/h5-10,15-16H,11-14H2,1-4H3,(H,26,30). The second-order valence-corrected chi connectivity index (χ2v) is 9.66. The third kappa shape index (κ3) is 5.82. The van der Waals surface area contributed by atoms with Crippen LogP contribution in [0, 0.1) is 10.1 Å². The van der Waals surface area contributed by atoms with Crippen molar-refractivity contribution in [2.24, 2.45) is 0 Å². The minimum atomic E-state index is -0.684. The fraction of sp³-hybridized carbons (Fsp3) is 0.417. The van der Waals surface area contributed by atoms with Crippen LogP contribution in [0.2, 0.25) is 5.02 Å². The molecular weight excluding hydrogens is 444 g/mol. The Labute approximate surface area is 198 Å². The molecule has 1 atom stereocenters. The minimum Gasteiger partial charge on any atom is -0.362 e. The van der Waals surface area contributed by atoms with E-state index in [0.717, 1.165) is 5.56 Å². The number of halogens is 1. The van der Waals surface area contributed by atoms with Gasteiger partial charge in [-0.25, -0.2) is 0 Å². The number of carbonyl (C=O) groups excluding carboxylic acids is 2. The summed E-state index contributed by atoms with van der Waals surface area (Å²) in [6, 6.07) is 11.3. The van der Waals surface area contributed by atoms with Crippen LogP contribution in [-0.4, -0.2) is 53.9 Å². The average Bonchev–Trinajstić information content (AvgIpc) is 2.78. The summed E-state index contributed by atoms with van der Waals surface area (Å²) in [5.41, 5.74) is 2.05. The molecule has 1 unspecified atom stereocenters. The van der Waals surface area contributed by atoms with Crippen molar-refractivity contribution >= 4 is 34.8 Å². The lowest BCUT2D eigenvalue weighted by molar-refractivity contribution is -0.384. The molecule has 0 aromatic heterocycles. The summed E-state index contributed by atoms with van der Waals surface area (Å²) in [6.45, 7) is 9.68. The van der Waals surface area contributed by atoms with Gasteiger partial charge in [-0.05, 0) is 42.2 Å². The van der Waals surface area contributed by atoms with Crippen LogP contribution in [0.5, 0.6) is 0 Å². The molecule has 1 heterocycles. The fourth-order valence-corrected chi connectivity index (χ4v) is 3.98. The lowest BCUT2D eigenvalue weighted by Crippen LogP contribution is -2.54. The van der Waals surface area contributed by atoms with Gasteiger partial charge in [0.25, 0.3) is 11.6 Å². The number of nitrogens with zero attached hydrogens (tertiary/aromatic N) is 3. The summed E-state index contributed by atoms with van der Waals surface area (Å²) >= 11 is 5.90. The van der Waals surface area contributed by atoms with Crippen LogP contribution in [0.25, 0.3) is 0 Å². The number of carbonyl (C=O) groups is 2. The predicted molar refractivity (Wildman–Crippen MR) is 129 cm³/mol. The Balaban J connectivity index is 1.58. The maximum absolute atomic E-state index is 12.9. The van der Waals surface area contributed by atoms with Crippen molar-refractivity contribution < 1.29 is 14.5 Å². The van der Waals surface area contributed by atoms with Gasteiger partial charge in [-0.3, -0.25) is 19.7 Å². The van der Waals surface area contributed by atoms with Crippen LogP contribution in [0.15, 0.2) is 42.5 Å². The van der Waals surface area contributed by atoms with E-state index in [1.54, 1.807) is 36.1 Å². The topological polar surface area (TPSA) is 95.8 Å². The number of hydrogen-bond donors (Lipinski definition) is 1. The molecule has 0 saturated carbocycles. The first-order valence-electron chi connectivity index (χ1n) is 10.9. The van der Waals surface area contributed by atoms with Gasteiger partial charge in [-0.15, -0.1) is 0 Å². The Morgan fingerprint density at radius 3 is 2.21 bits per heavy atom. The number of nitro benzene ring substituents is 1. The van der Waals surface area contributed by atoms with E-state index in [9.17, 15) is 19.7 Å². The first-order valence-corrected chi connectivity index (χ1v) is 11.2. The first-order chi connectivity index (χ1) is 15.5. The van der Waals surface area contributed by atoms with Crippen LogP contribution in [0.1, 0.15) is 43.6 Å². The average molecular weight is 473 g/mol. The van der Waals surface area contributed by atoms with Gasteiger partial charge in [0.05, 0.1) is 4.92 Å². The molecule has 176 valence electrons. The lowest BCUT2D eigenvalue weighted by atomic mass is 9.86. The van der Waals surface area contributed by atoms with Gasteiger partial charge in [0.1, 0.15) is 11.7 Å². The van der Waals surface area contributed by atoms with E-state index in [1.807, 2.05) is 17.0 Å². The van der Waals surface area contributed by atoms with Crippen LogP contribution in [0.4, 0.5) is 11.4 Å². The summed E-state index contributed by atoms with van der Waals surface area (Å²) in [7, 11) is 0. The van der Waals surface area contributed by atoms with Gasteiger partial charge in [-0.2, -0.15) is 0 Å². The van der Waals surface area contributed by atoms with Gasteiger partial charge in [0, 0.05) is 42.8 Å². The van der Waals surface area contributed by atoms with Crippen LogP contribution in [0.3, 0.4) is 0 Å². The molecule has 1 fully saturated rings. The van der Waals surface area contributed by atoms with Gasteiger partial charge in [0.2, 0.25) is 5.91 Å². The van der Waals surface area contributed by atoms with Crippen molar-refractivity contribution in [1.29, 1.82) is 0 Å². The molecule has 0 aliphatic carbocycles. The minimum absolute atomic E-state index is 0.00709. The molecule has 1 aliphatic heterocycles. The SMILES string of the molecule is CC(NC(=O)c1ccc(C(C)(C)C)cc1)C(=O)N1CCN(c2ccc(Cl)cc2[N+](=O)[O-])CC1. The third-order valence-corrected chi connectivity index (χ3v) is 6.03. The molecule has 33 heavy (non-hydrogen) atoms. The number of hydrogen-bond acceptors (Lipinski definition) is 5. The van der Waals surface area contributed by atoms with Crippen molar-refractivity contribution in [2.75, 3.05) is 31.1 Å². The fourth-order valence-electron chi connectivity index (χ4n) is 3.82. The summed E-state index contributed by atoms with van der Waals surface area (Å²) < 4.78 is 0. The lowest BCUT2D eigenvalue weighted by Gasteiger charge is -2.37. The van der Waals surface area contributed by atoms with Gasteiger partial charge in [0.15, 0.2) is 0 Å². The highest BCUT2D eigenvalue weighted by atomic mass is 35.5. The Hall–Kier alpha value is -3.13. The molecule has 0 radical (unpaired) electrons. The summed E-state index contributed by atoms with van der Waals surface area (Å²) in [5.74, 6) is -0.480. The van der Waals surface area contributed by atoms with Gasteiger partial charge in [-0.1, -0.05) is 44.5 Å². The molecule has 8 nitrogen and oxygen atoms in total. The van der Waals surface area contributed by atoms with Crippen molar-refractivity contribution in [3.63, 3.8) is 0 Å². The van der Waals surface area contributed by atoms with E-state index in [1.165, 1.54) is 6.07 Å². The van der Waals surface area contributed by atoms with Crippen molar-refractivity contribution in [1.82, 2.24) is 10.2 Å². The number of amides is 2. The molecule has 2 amide bonds. The summed E-state index contributed by atoms with van der Waals surface area (Å²) in [5, 5.41) is 14.5. The summed E-state index contributed by atoms with van der Waals surface area (Å²) in [4.78, 5) is 40.0. The van der Waals surface area contributed by atoms with E-state index >= 15 is 0 Å². The van der Waals surface area contributed by atoms with Gasteiger partial charge < -0.3 is 15.1 Å². The number of rotatable bonds is 5. The maximum Gasteiger partial charge on any atom is 0.294 e. The largest absolute Gasteiger partial charge is 0.362 e. The van der Waals surface area contributed by atoms with Crippen molar-refractivity contribution in [3.8, 4) is 0 Å². The van der Waals surface area contributed by atoms with E-state index in [2.05, 4.69) is 26.1 Å². The first kappa shape index (κ1) is 24.5. The Morgan fingerprint density at radius 2 is 1.67 bits per heavy atom. The zero-order valence-electron chi connectivity index (χ0n) is 19.3. The molecule has 2 aromatic carbocycles. The molecular formula is C24H29ClN4O4. The number of benzene rings is 2. The van der Waals surface area contributed by atoms with E-state index in [-0.39, 0.29) is 22.9 Å². The summed E-state index contributed by atoms with van der Waals surface area (Å²) in [6.07, 6.45) is 0. The highest BCUT2D eigenvalue weighted by Gasteiger charge is 2.29. The van der Waals surface area contributed by atoms with Crippen molar-refractivity contribution in [2.45, 2.75) is 39.2 Å². The number of nitrogens with one attached hydrogen (secondary N) is 1. The zero-order valence-corrected chi connectivity index (χ0v) is 20.1. The smallest absolute Gasteiger partial charge is 0.294 e. The van der Waals surface area contributed by atoms with Crippen LogP contribution in [-0.2, 0) is 10.2 Å². The van der Waals surface area contributed by atoms with Gasteiger partial charge >= 0.3 is 0 Å². The molecule has 1 N–H and O–H groups in total. The second-order valence-electron chi connectivity index (χ2n) is 9.22. The molecule has 2 aromatic rings. The van der Waals surface area contributed by atoms with Crippen LogP contribution >= 0.6 is 11.6 Å². The molecule has 0 spiro atoms. The van der Waals surface area contributed by atoms with Crippen LogP contribution < -0.4 is 10.2 Å². The van der Waals surface area contributed by atoms with E-state index < -0.39 is 11.0 Å². The number of nitro groups is 1. The zero-order chi connectivity index (χ0) is 24.3. The molecule has 1 aliphatic rings. The predicted octanol–water partition coefficient (Wildman–Crippen LogP) is 4.01. The third-order valence-electron chi connectivity index (χ3n) is 5.80. The van der Waals surface area contributed by atoms with E-state index in [0.29, 0.717) is 42.5 Å². The number of piperazine rings is 1. The monoisotopic (exact) mass is 472 g/mol. The van der Waals surface area contributed by atoms with E-state index in [4.69, 9.17) is 11.6 Å². The quantitative estimate of drug-likeness (QED) is 0.524. The highest BCUT2D eigenvalue weighted by Crippen LogP contribution is 2.31. The highest BCUT2D eigenvalue weighted by molar-refractivity contribution is 6.30. The molecule has 1 saturated heterocycles. The second kappa shape index (κ2) is 9.79. The maximum atomic E-state index is 12.9. The molecule has 3 rings (SSSR count). The van der Waals surface area contributed by atoms with Crippen molar-refractivity contribution in [3.05, 3.63) is 68.7 Å². The Bertz CT molecular complexity index is 1040. The number of anilines is 1. The normalized spacial score (nSPS) is 15.2.